The van der Waals surface area contributed by atoms with Gasteiger partial charge in [-0.2, -0.15) is 0 Å². The van der Waals surface area contributed by atoms with E-state index in [1.54, 1.807) is 7.11 Å². The van der Waals surface area contributed by atoms with E-state index in [-0.39, 0.29) is 18.3 Å². The summed E-state index contributed by atoms with van der Waals surface area (Å²) >= 11 is 0. The second kappa shape index (κ2) is 7.91. The summed E-state index contributed by atoms with van der Waals surface area (Å²) < 4.78 is 4.83. The lowest BCUT2D eigenvalue weighted by Crippen LogP contribution is -2.47. The van der Waals surface area contributed by atoms with Crippen molar-refractivity contribution in [1.29, 1.82) is 0 Å². The standard InChI is InChI=1S/C10H20N2O2.ClH/c1-14-7-9(11)10(13)12-8-5-3-2-4-6-8;/h8-9H,2-7,11H2,1H3,(H,12,13);1H. The van der Waals surface area contributed by atoms with E-state index in [9.17, 15) is 4.79 Å². The van der Waals surface area contributed by atoms with Crippen LogP contribution in [0.25, 0.3) is 0 Å². The summed E-state index contributed by atoms with van der Waals surface area (Å²) in [4.78, 5) is 11.5. The Kier molecular flexibility index (Phi) is 7.74. The molecule has 0 aromatic carbocycles. The van der Waals surface area contributed by atoms with Gasteiger partial charge in [0.25, 0.3) is 0 Å². The first kappa shape index (κ1) is 14.7. The van der Waals surface area contributed by atoms with Crippen LogP contribution in [0.15, 0.2) is 0 Å². The molecule has 1 amide bonds. The number of hydrogen-bond acceptors (Lipinski definition) is 3. The van der Waals surface area contributed by atoms with Gasteiger partial charge in [0.1, 0.15) is 6.04 Å². The SMILES string of the molecule is COCC(N)C(=O)NC1CCCCC1.Cl. The molecule has 0 saturated heterocycles. The number of nitrogens with two attached hydrogens (primary N) is 1. The van der Waals surface area contributed by atoms with Gasteiger partial charge in [-0.1, -0.05) is 19.3 Å². The van der Waals surface area contributed by atoms with E-state index < -0.39 is 6.04 Å². The van der Waals surface area contributed by atoms with Crippen molar-refractivity contribution in [3.05, 3.63) is 0 Å². The lowest BCUT2D eigenvalue weighted by atomic mass is 9.95. The predicted molar refractivity (Wildman–Crippen MR) is 62.1 cm³/mol. The molecule has 1 rings (SSSR count). The first-order valence-electron chi connectivity index (χ1n) is 5.29. The van der Waals surface area contributed by atoms with Crippen molar-refractivity contribution < 1.29 is 9.53 Å². The molecule has 5 heteroatoms. The van der Waals surface area contributed by atoms with Gasteiger partial charge in [-0.3, -0.25) is 4.79 Å². The van der Waals surface area contributed by atoms with Gasteiger partial charge in [0.2, 0.25) is 5.91 Å². The Balaban J connectivity index is 0.00000196. The highest BCUT2D eigenvalue weighted by molar-refractivity contribution is 5.85. The highest BCUT2D eigenvalue weighted by Gasteiger charge is 2.19. The molecule has 0 bridgehead atoms. The van der Waals surface area contributed by atoms with Gasteiger partial charge in [0.05, 0.1) is 6.61 Å². The minimum Gasteiger partial charge on any atom is -0.383 e. The molecule has 1 atom stereocenters. The van der Waals surface area contributed by atoms with Crippen LogP contribution in [0.3, 0.4) is 0 Å². The third-order valence-corrected chi connectivity index (χ3v) is 2.63. The number of halogens is 1. The van der Waals surface area contributed by atoms with Crippen molar-refractivity contribution in [2.45, 2.75) is 44.2 Å². The maximum absolute atomic E-state index is 11.5. The molecule has 0 aromatic rings. The number of carbonyl (C=O) groups is 1. The van der Waals surface area contributed by atoms with E-state index >= 15 is 0 Å². The molecule has 15 heavy (non-hydrogen) atoms. The molecule has 0 spiro atoms. The number of nitrogens with one attached hydrogen (secondary N) is 1. The van der Waals surface area contributed by atoms with E-state index in [1.807, 2.05) is 0 Å². The van der Waals surface area contributed by atoms with Crippen molar-refractivity contribution >= 4 is 18.3 Å². The summed E-state index contributed by atoms with van der Waals surface area (Å²) in [6.07, 6.45) is 5.89. The van der Waals surface area contributed by atoms with Crippen LogP contribution in [0.2, 0.25) is 0 Å². The summed E-state index contributed by atoms with van der Waals surface area (Å²) in [6, 6.07) is -0.193. The Labute approximate surface area is 97.3 Å². The van der Waals surface area contributed by atoms with Crippen molar-refractivity contribution in [2.75, 3.05) is 13.7 Å². The largest absolute Gasteiger partial charge is 0.383 e. The third kappa shape index (κ3) is 5.35. The van der Waals surface area contributed by atoms with Gasteiger partial charge in [0, 0.05) is 13.2 Å². The molecular formula is C10H21ClN2O2. The van der Waals surface area contributed by atoms with Crippen LogP contribution in [0, 0.1) is 0 Å². The van der Waals surface area contributed by atoms with Gasteiger partial charge in [-0.15, -0.1) is 12.4 Å². The normalized spacial score (nSPS) is 19.1. The maximum atomic E-state index is 11.5. The van der Waals surface area contributed by atoms with Crippen LogP contribution < -0.4 is 11.1 Å². The second-order valence-corrected chi connectivity index (χ2v) is 3.91. The fourth-order valence-electron chi connectivity index (χ4n) is 1.81. The highest BCUT2D eigenvalue weighted by atomic mass is 35.5. The van der Waals surface area contributed by atoms with Gasteiger partial charge < -0.3 is 15.8 Å². The zero-order valence-corrected chi connectivity index (χ0v) is 10.0. The molecule has 3 N–H and O–H groups in total. The molecule has 1 saturated carbocycles. The lowest BCUT2D eigenvalue weighted by molar-refractivity contribution is -0.124. The van der Waals surface area contributed by atoms with Crippen LogP contribution in [0.4, 0.5) is 0 Å². The zero-order chi connectivity index (χ0) is 10.4. The topological polar surface area (TPSA) is 64.3 Å². The molecular weight excluding hydrogens is 216 g/mol. The van der Waals surface area contributed by atoms with Gasteiger partial charge in [0.15, 0.2) is 0 Å². The van der Waals surface area contributed by atoms with Gasteiger partial charge in [-0.05, 0) is 12.8 Å². The predicted octanol–water partition coefficient (Wildman–Crippen LogP) is 0.831. The summed E-state index contributed by atoms with van der Waals surface area (Å²) in [5, 5.41) is 2.96. The van der Waals surface area contributed by atoms with Crippen LogP contribution in [-0.4, -0.2) is 31.7 Å². The lowest BCUT2D eigenvalue weighted by Gasteiger charge is -2.24. The summed E-state index contributed by atoms with van der Waals surface area (Å²) in [5.41, 5.74) is 5.61. The van der Waals surface area contributed by atoms with E-state index in [0.29, 0.717) is 12.6 Å². The van der Waals surface area contributed by atoms with Crippen LogP contribution in [-0.2, 0) is 9.53 Å². The molecule has 90 valence electrons. The number of rotatable bonds is 4. The Morgan fingerprint density at radius 1 is 1.47 bits per heavy atom. The monoisotopic (exact) mass is 236 g/mol. The molecule has 0 radical (unpaired) electrons. The highest BCUT2D eigenvalue weighted by Crippen LogP contribution is 2.17. The Morgan fingerprint density at radius 3 is 2.60 bits per heavy atom. The molecule has 0 aliphatic heterocycles. The van der Waals surface area contributed by atoms with Crippen LogP contribution in [0.1, 0.15) is 32.1 Å². The van der Waals surface area contributed by atoms with Crippen molar-refractivity contribution in [3.63, 3.8) is 0 Å². The van der Waals surface area contributed by atoms with E-state index in [1.165, 1.54) is 19.3 Å². The Bertz CT molecular complexity index is 184. The molecule has 1 aliphatic carbocycles. The first-order valence-corrected chi connectivity index (χ1v) is 5.29. The van der Waals surface area contributed by atoms with E-state index in [0.717, 1.165) is 12.8 Å². The fourth-order valence-corrected chi connectivity index (χ4v) is 1.81. The van der Waals surface area contributed by atoms with Crippen LogP contribution >= 0.6 is 12.4 Å². The zero-order valence-electron chi connectivity index (χ0n) is 9.20. The third-order valence-electron chi connectivity index (χ3n) is 2.63. The number of hydrogen-bond donors (Lipinski definition) is 2. The minimum absolute atomic E-state index is 0. The van der Waals surface area contributed by atoms with Gasteiger partial charge in [-0.25, -0.2) is 0 Å². The average Bonchev–Trinajstić information content (AvgIpc) is 2.19. The number of carbonyl (C=O) groups excluding carboxylic acids is 1. The molecule has 1 unspecified atom stereocenters. The minimum atomic E-state index is -0.526. The number of amides is 1. The molecule has 0 aromatic heterocycles. The smallest absolute Gasteiger partial charge is 0.239 e. The summed E-state index contributed by atoms with van der Waals surface area (Å²) in [5.74, 6) is -0.0845. The Morgan fingerprint density at radius 2 is 2.07 bits per heavy atom. The Hall–Kier alpha value is -0.320. The summed E-state index contributed by atoms with van der Waals surface area (Å²) in [6.45, 7) is 0.290. The number of methoxy groups -OCH3 is 1. The molecule has 1 aliphatic rings. The molecule has 4 nitrogen and oxygen atoms in total. The quantitative estimate of drug-likeness (QED) is 0.760. The maximum Gasteiger partial charge on any atom is 0.239 e. The van der Waals surface area contributed by atoms with Crippen molar-refractivity contribution in [2.24, 2.45) is 5.73 Å². The number of ether oxygens (including phenoxy) is 1. The fraction of sp³-hybridized carbons (Fsp3) is 0.900. The van der Waals surface area contributed by atoms with Crippen LogP contribution in [0.5, 0.6) is 0 Å². The average molecular weight is 237 g/mol. The molecule has 0 heterocycles. The summed E-state index contributed by atoms with van der Waals surface area (Å²) in [7, 11) is 1.55. The van der Waals surface area contributed by atoms with Crippen molar-refractivity contribution in [1.82, 2.24) is 5.32 Å². The van der Waals surface area contributed by atoms with Gasteiger partial charge >= 0.3 is 0 Å². The van der Waals surface area contributed by atoms with E-state index in [4.69, 9.17) is 10.5 Å². The molecule has 1 fully saturated rings. The van der Waals surface area contributed by atoms with E-state index in [2.05, 4.69) is 5.32 Å². The second-order valence-electron chi connectivity index (χ2n) is 3.91. The first-order chi connectivity index (χ1) is 6.74. The van der Waals surface area contributed by atoms with Crippen molar-refractivity contribution in [3.8, 4) is 0 Å².